The highest BCUT2D eigenvalue weighted by molar-refractivity contribution is 5.93. The van der Waals surface area contributed by atoms with Crippen LogP contribution >= 0.6 is 0 Å². The topological polar surface area (TPSA) is 82.4 Å². The summed E-state index contributed by atoms with van der Waals surface area (Å²) in [4.78, 5) is 25.5. The van der Waals surface area contributed by atoms with Gasteiger partial charge in [0.1, 0.15) is 0 Å². The van der Waals surface area contributed by atoms with Gasteiger partial charge in [0.15, 0.2) is 0 Å². The Labute approximate surface area is 129 Å². The largest absolute Gasteiger partial charge is 0.378 e. The molecular formula is C16H19N3O3. The number of anilines is 1. The van der Waals surface area contributed by atoms with Crippen LogP contribution in [0.4, 0.5) is 5.69 Å². The van der Waals surface area contributed by atoms with Crippen molar-refractivity contribution < 1.29 is 14.3 Å². The molecule has 1 N–H and O–H groups in total. The summed E-state index contributed by atoms with van der Waals surface area (Å²) >= 11 is 0. The first-order chi connectivity index (χ1) is 10.7. The number of hydrogen-bond donors (Lipinski definition) is 1. The Balaban J connectivity index is 1.75. The van der Waals surface area contributed by atoms with E-state index in [-0.39, 0.29) is 24.7 Å². The Hall–Kier alpha value is -2.39. The van der Waals surface area contributed by atoms with Gasteiger partial charge in [-0.1, -0.05) is 12.1 Å². The predicted octanol–water partition coefficient (Wildman–Crippen LogP) is 1.33. The lowest BCUT2D eigenvalue weighted by atomic mass is 10.1. The van der Waals surface area contributed by atoms with Gasteiger partial charge in [-0.15, -0.1) is 0 Å². The Morgan fingerprint density at radius 1 is 1.18 bits per heavy atom. The Bertz CT molecular complexity index is 557. The summed E-state index contributed by atoms with van der Waals surface area (Å²) in [6, 6.07) is 9.19. The molecule has 1 fully saturated rings. The molecule has 1 aromatic rings. The second-order valence-electron chi connectivity index (χ2n) is 5.07. The van der Waals surface area contributed by atoms with E-state index in [1.165, 1.54) is 0 Å². The Morgan fingerprint density at radius 3 is 2.50 bits per heavy atom. The van der Waals surface area contributed by atoms with Gasteiger partial charge in [0.25, 0.3) is 0 Å². The van der Waals surface area contributed by atoms with Crippen molar-refractivity contribution >= 4 is 17.5 Å². The quantitative estimate of drug-likeness (QED) is 0.889. The summed E-state index contributed by atoms with van der Waals surface area (Å²) in [7, 11) is 0. The zero-order valence-corrected chi connectivity index (χ0v) is 12.4. The molecule has 1 saturated heterocycles. The number of nitrogens with one attached hydrogen (secondary N) is 1. The zero-order valence-electron chi connectivity index (χ0n) is 12.4. The summed E-state index contributed by atoms with van der Waals surface area (Å²) in [6.07, 6.45) is 0.719. The van der Waals surface area contributed by atoms with E-state index in [4.69, 9.17) is 10.00 Å². The third-order valence-electron chi connectivity index (χ3n) is 3.45. The molecule has 1 aliphatic rings. The maximum atomic E-state index is 11.9. The smallest absolute Gasteiger partial charge is 0.224 e. The van der Waals surface area contributed by atoms with Crippen molar-refractivity contribution in [3.05, 3.63) is 29.8 Å². The fourth-order valence-electron chi connectivity index (χ4n) is 2.21. The van der Waals surface area contributed by atoms with Crippen molar-refractivity contribution in [2.75, 3.05) is 31.6 Å². The van der Waals surface area contributed by atoms with Crippen molar-refractivity contribution in [1.82, 2.24) is 4.90 Å². The van der Waals surface area contributed by atoms with Crippen molar-refractivity contribution in [3.63, 3.8) is 0 Å². The molecule has 0 unspecified atom stereocenters. The minimum atomic E-state index is -0.186. The summed E-state index contributed by atoms with van der Waals surface area (Å²) in [6.45, 7) is 2.32. The van der Waals surface area contributed by atoms with E-state index in [2.05, 4.69) is 11.4 Å². The minimum absolute atomic E-state index is 0.0113. The standard InChI is InChI=1S/C16H19N3O3/c17-8-7-13-1-3-14(4-2-13)18-15(20)5-6-16(21)19-9-11-22-12-10-19/h1-4H,5-7,9-12H2,(H,18,20). The maximum absolute atomic E-state index is 11.9. The monoisotopic (exact) mass is 301 g/mol. The van der Waals surface area contributed by atoms with E-state index < -0.39 is 0 Å². The van der Waals surface area contributed by atoms with Crippen molar-refractivity contribution in [3.8, 4) is 6.07 Å². The molecule has 1 heterocycles. The summed E-state index contributed by atoms with van der Waals surface area (Å²) in [5.74, 6) is -0.197. The van der Waals surface area contributed by atoms with Gasteiger partial charge in [0, 0.05) is 31.6 Å². The third-order valence-corrected chi connectivity index (χ3v) is 3.45. The van der Waals surface area contributed by atoms with Gasteiger partial charge in [-0.25, -0.2) is 0 Å². The van der Waals surface area contributed by atoms with Crippen LogP contribution in [-0.4, -0.2) is 43.0 Å². The molecule has 2 amide bonds. The van der Waals surface area contributed by atoms with E-state index in [0.29, 0.717) is 38.4 Å². The van der Waals surface area contributed by atoms with Gasteiger partial charge >= 0.3 is 0 Å². The number of nitrogens with zero attached hydrogens (tertiary/aromatic N) is 2. The molecule has 0 saturated carbocycles. The lowest BCUT2D eigenvalue weighted by Crippen LogP contribution is -2.40. The molecule has 2 rings (SSSR count). The van der Waals surface area contributed by atoms with Crippen LogP contribution < -0.4 is 5.32 Å². The molecular weight excluding hydrogens is 282 g/mol. The van der Waals surface area contributed by atoms with Gasteiger partial charge in [-0.3, -0.25) is 9.59 Å². The van der Waals surface area contributed by atoms with Gasteiger partial charge in [-0.2, -0.15) is 5.26 Å². The van der Waals surface area contributed by atoms with E-state index in [1.807, 2.05) is 0 Å². The van der Waals surface area contributed by atoms with E-state index in [0.717, 1.165) is 5.56 Å². The first-order valence-corrected chi connectivity index (χ1v) is 7.30. The number of hydrogen-bond acceptors (Lipinski definition) is 4. The normalized spacial score (nSPS) is 14.2. The predicted molar refractivity (Wildman–Crippen MR) is 81.0 cm³/mol. The van der Waals surface area contributed by atoms with Crippen LogP contribution in [0.3, 0.4) is 0 Å². The number of morpholine rings is 1. The molecule has 6 nitrogen and oxygen atoms in total. The van der Waals surface area contributed by atoms with Crippen LogP contribution in [0, 0.1) is 11.3 Å². The lowest BCUT2D eigenvalue weighted by Gasteiger charge is -2.26. The maximum Gasteiger partial charge on any atom is 0.224 e. The number of carbonyl (C=O) groups excluding carboxylic acids is 2. The van der Waals surface area contributed by atoms with Crippen molar-refractivity contribution in [1.29, 1.82) is 5.26 Å². The number of nitriles is 1. The lowest BCUT2D eigenvalue weighted by molar-refractivity contribution is -0.136. The van der Waals surface area contributed by atoms with Gasteiger partial charge in [0.2, 0.25) is 11.8 Å². The SMILES string of the molecule is N#CCc1ccc(NC(=O)CCC(=O)N2CCOCC2)cc1. The van der Waals surface area contributed by atoms with Crippen LogP contribution in [0.2, 0.25) is 0 Å². The Morgan fingerprint density at radius 2 is 1.86 bits per heavy atom. The van der Waals surface area contributed by atoms with Crippen molar-refractivity contribution in [2.24, 2.45) is 0 Å². The van der Waals surface area contributed by atoms with Crippen molar-refractivity contribution in [2.45, 2.75) is 19.3 Å². The molecule has 0 aliphatic carbocycles. The molecule has 116 valence electrons. The molecule has 0 aromatic heterocycles. The molecule has 0 radical (unpaired) electrons. The van der Waals surface area contributed by atoms with E-state index in [9.17, 15) is 9.59 Å². The van der Waals surface area contributed by atoms with Crippen LogP contribution in [-0.2, 0) is 20.7 Å². The van der Waals surface area contributed by atoms with E-state index in [1.54, 1.807) is 29.2 Å². The fourth-order valence-corrected chi connectivity index (χ4v) is 2.21. The number of carbonyl (C=O) groups is 2. The van der Waals surface area contributed by atoms with Crippen LogP contribution in [0.5, 0.6) is 0 Å². The first-order valence-electron chi connectivity index (χ1n) is 7.30. The number of benzene rings is 1. The highest BCUT2D eigenvalue weighted by Gasteiger charge is 2.17. The fraction of sp³-hybridized carbons (Fsp3) is 0.438. The average molecular weight is 301 g/mol. The average Bonchev–Trinajstić information content (AvgIpc) is 2.55. The molecule has 0 bridgehead atoms. The highest BCUT2D eigenvalue weighted by Crippen LogP contribution is 2.11. The molecule has 6 heteroatoms. The van der Waals surface area contributed by atoms with Gasteiger partial charge < -0.3 is 15.0 Å². The number of rotatable bonds is 5. The molecule has 0 atom stereocenters. The summed E-state index contributed by atoms with van der Waals surface area (Å²) < 4.78 is 5.19. The highest BCUT2D eigenvalue weighted by atomic mass is 16.5. The summed E-state index contributed by atoms with van der Waals surface area (Å²) in [5, 5.41) is 11.4. The number of amides is 2. The zero-order chi connectivity index (χ0) is 15.8. The summed E-state index contributed by atoms with van der Waals surface area (Å²) in [5.41, 5.74) is 1.58. The van der Waals surface area contributed by atoms with E-state index >= 15 is 0 Å². The molecule has 0 spiro atoms. The molecule has 1 aliphatic heterocycles. The van der Waals surface area contributed by atoms with Crippen LogP contribution in [0.15, 0.2) is 24.3 Å². The minimum Gasteiger partial charge on any atom is -0.378 e. The first kappa shape index (κ1) is 16.0. The number of ether oxygens (including phenoxy) is 1. The molecule has 22 heavy (non-hydrogen) atoms. The van der Waals surface area contributed by atoms with Gasteiger partial charge in [-0.05, 0) is 17.7 Å². The van der Waals surface area contributed by atoms with Gasteiger partial charge in [0.05, 0.1) is 25.7 Å². The molecule has 1 aromatic carbocycles. The second-order valence-corrected chi connectivity index (χ2v) is 5.07. The van der Waals surface area contributed by atoms with Crippen LogP contribution in [0.25, 0.3) is 0 Å². The Kier molecular flexibility index (Phi) is 5.92. The second kappa shape index (κ2) is 8.15. The van der Waals surface area contributed by atoms with Crippen LogP contribution in [0.1, 0.15) is 18.4 Å². The third kappa shape index (κ3) is 4.86.